The van der Waals surface area contributed by atoms with Crippen molar-refractivity contribution in [2.45, 2.75) is 31.5 Å². The molecule has 2 aliphatic heterocycles. The summed E-state index contributed by atoms with van der Waals surface area (Å²) in [6, 6.07) is 9.47. The predicted octanol–water partition coefficient (Wildman–Crippen LogP) is 2.51. The van der Waals surface area contributed by atoms with E-state index < -0.39 is 18.1 Å². The number of carbonyl (C=O) groups excluding carboxylic acids is 3. The summed E-state index contributed by atoms with van der Waals surface area (Å²) in [6.45, 7) is 2.16. The van der Waals surface area contributed by atoms with Crippen molar-refractivity contribution in [1.29, 1.82) is 0 Å². The first-order valence-corrected chi connectivity index (χ1v) is 13.8. The van der Waals surface area contributed by atoms with Crippen molar-refractivity contribution in [2.75, 3.05) is 46.9 Å². The largest absolute Gasteiger partial charge is 0.497 e. The number of hydrogen-bond acceptors (Lipinski definition) is 8. The van der Waals surface area contributed by atoms with Gasteiger partial charge in [0.2, 0.25) is 0 Å². The molecule has 2 aliphatic rings. The van der Waals surface area contributed by atoms with Crippen LogP contribution in [0.4, 0.5) is 4.39 Å². The molecular weight excluding hydrogens is 527 g/mol. The van der Waals surface area contributed by atoms with E-state index in [-0.39, 0.29) is 35.4 Å². The van der Waals surface area contributed by atoms with Crippen LogP contribution < -0.4 is 15.8 Å². The highest BCUT2D eigenvalue weighted by molar-refractivity contribution is 5.99. The fraction of sp³-hybridized carbons (Fsp3) is 0.433. The van der Waals surface area contributed by atoms with Crippen molar-refractivity contribution in [3.8, 4) is 5.75 Å². The average Bonchev–Trinajstić information content (AvgIpc) is 3.01. The fourth-order valence-electron chi connectivity index (χ4n) is 5.24. The molecule has 0 spiro atoms. The Bertz CT molecular complexity index is 1270. The molecular formula is C30H37FN6O4. The number of ketones is 1. The zero-order valence-electron chi connectivity index (χ0n) is 23.5. The Morgan fingerprint density at radius 1 is 1.10 bits per heavy atom. The third kappa shape index (κ3) is 7.55. The molecule has 10 nitrogen and oxygen atoms in total. The molecule has 41 heavy (non-hydrogen) atoms. The van der Waals surface area contributed by atoms with Gasteiger partial charge in [-0.15, -0.1) is 0 Å². The molecule has 4 rings (SSSR count). The second kappa shape index (κ2) is 14.0. The minimum absolute atomic E-state index is 0.0672. The number of likely N-dealkylation sites (tertiary alicyclic amines) is 2. The topological polar surface area (TPSA) is 130 Å². The van der Waals surface area contributed by atoms with Crippen LogP contribution in [0.5, 0.6) is 5.75 Å². The molecule has 2 saturated heterocycles. The number of hydrogen-bond donors (Lipinski definition) is 2. The van der Waals surface area contributed by atoms with Crippen molar-refractivity contribution in [3.63, 3.8) is 0 Å². The highest BCUT2D eigenvalue weighted by Crippen LogP contribution is 2.24. The minimum atomic E-state index is -1.24. The Hall–Kier alpha value is -4.12. The van der Waals surface area contributed by atoms with Gasteiger partial charge >= 0.3 is 0 Å². The number of ether oxygens (including phenoxy) is 1. The lowest BCUT2D eigenvalue weighted by Crippen LogP contribution is -2.52. The quantitative estimate of drug-likeness (QED) is 0.354. The number of rotatable bonds is 9. The summed E-state index contributed by atoms with van der Waals surface area (Å²) in [4.78, 5) is 50.4. The monoisotopic (exact) mass is 564 g/mol. The molecule has 1 aromatic heterocycles. The van der Waals surface area contributed by atoms with Crippen LogP contribution >= 0.6 is 0 Å². The number of piperidine rings is 2. The molecule has 3 N–H and O–H groups in total. The number of nitrogens with one attached hydrogen (secondary N) is 1. The van der Waals surface area contributed by atoms with Crippen molar-refractivity contribution in [2.24, 2.45) is 16.6 Å². The molecule has 2 amide bonds. The van der Waals surface area contributed by atoms with Crippen LogP contribution in [0.2, 0.25) is 0 Å². The van der Waals surface area contributed by atoms with Gasteiger partial charge in [-0.05, 0) is 67.4 Å². The van der Waals surface area contributed by atoms with E-state index in [9.17, 15) is 18.8 Å². The van der Waals surface area contributed by atoms with Gasteiger partial charge in [0, 0.05) is 63.7 Å². The second-order valence-electron chi connectivity index (χ2n) is 10.3. The number of nitrogens with zero attached hydrogens (tertiary/aromatic N) is 4. The summed E-state index contributed by atoms with van der Waals surface area (Å²) < 4.78 is 20.0. The van der Waals surface area contributed by atoms with Gasteiger partial charge in [-0.2, -0.15) is 0 Å². The van der Waals surface area contributed by atoms with E-state index in [1.807, 2.05) is 4.90 Å². The average molecular weight is 565 g/mol. The maximum atomic E-state index is 14.9. The van der Waals surface area contributed by atoms with Gasteiger partial charge in [-0.25, -0.2) is 4.39 Å². The first-order valence-electron chi connectivity index (χ1n) is 13.8. The molecule has 218 valence electrons. The highest BCUT2D eigenvalue weighted by Gasteiger charge is 2.31. The summed E-state index contributed by atoms with van der Waals surface area (Å²) in [5.41, 5.74) is 7.52. The third-order valence-corrected chi connectivity index (χ3v) is 7.63. The van der Waals surface area contributed by atoms with Crippen LogP contribution in [0.1, 0.15) is 50.5 Å². The number of Topliss-reactive ketones (excluding diaryl/α,β-unsaturated/α-hetero) is 1. The fourth-order valence-corrected chi connectivity index (χ4v) is 5.24. The van der Waals surface area contributed by atoms with Gasteiger partial charge in [0.1, 0.15) is 17.6 Å². The number of pyridine rings is 1. The van der Waals surface area contributed by atoms with E-state index in [0.29, 0.717) is 56.8 Å². The first kappa shape index (κ1) is 29.9. The van der Waals surface area contributed by atoms with Gasteiger partial charge in [0.25, 0.3) is 11.8 Å². The SMILES string of the molecule is CN=C/C(=C\N)CN1CCC(NC(=O)c2ccc(C(=O)N3CCC(C(=O)c4ccc(OC)cc4)CC3)nc2)[C@H](F)C1. The number of halogens is 1. The standard InChI is InChI=1S/C30H37FN6O4/c1-33-16-20(15-32)18-36-12-11-26(25(31)19-36)35-29(39)23-5-8-27(34-17-23)30(40)37-13-9-22(10-14-37)28(38)21-3-6-24(41-2)7-4-21/h3-8,15-17,22,25-26H,9-14,18-19,32H2,1-2H3,(H,35,39)/b20-15+,33-16?/t25-,26?/m1/s1. The molecule has 0 saturated carbocycles. The first-order chi connectivity index (χ1) is 19.8. The summed E-state index contributed by atoms with van der Waals surface area (Å²) >= 11 is 0. The van der Waals surface area contributed by atoms with E-state index in [2.05, 4.69) is 15.3 Å². The summed E-state index contributed by atoms with van der Waals surface area (Å²) in [5.74, 6) is -0.0722. The summed E-state index contributed by atoms with van der Waals surface area (Å²) in [7, 11) is 3.23. The van der Waals surface area contributed by atoms with E-state index in [1.165, 1.54) is 24.5 Å². The van der Waals surface area contributed by atoms with Crippen molar-refractivity contribution >= 4 is 23.8 Å². The smallest absolute Gasteiger partial charge is 0.272 e. The van der Waals surface area contributed by atoms with E-state index in [0.717, 1.165) is 5.57 Å². The van der Waals surface area contributed by atoms with Gasteiger partial charge in [-0.1, -0.05) is 0 Å². The molecule has 2 aromatic rings. The number of aliphatic imine (C=N–C) groups is 1. The van der Waals surface area contributed by atoms with E-state index >= 15 is 0 Å². The lowest BCUT2D eigenvalue weighted by molar-refractivity contribution is 0.0645. The Balaban J connectivity index is 1.26. The van der Waals surface area contributed by atoms with Gasteiger partial charge < -0.3 is 20.7 Å². The number of methoxy groups -OCH3 is 1. The minimum Gasteiger partial charge on any atom is -0.497 e. The van der Waals surface area contributed by atoms with Gasteiger partial charge in [0.05, 0.1) is 18.7 Å². The maximum Gasteiger partial charge on any atom is 0.272 e. The number of nitrogens with two attached hydrogens (primary N) is 1. The Kier molecular flexibility index (Phi) is 10.2. The summed E-state index contributed by atoms with van der Waals surface area (Å²) in [6.07, 6.45) is 4.80. The molecule has 3 heterocycles. The number of amides is 2. The van der Waals surface area contributed by atoms with Crippen LogP contribution in [0.3, 0.4) is 0 Å². The molecule has 1 unspecified atom stereocenters. The third-order valence-electron chi connectivity index (χ3n) is 7.63. The molecule has 2 fully saturated rings. The Labute approximate surface area is 239 Å². The molecule has 0 aliphatic carbocycles. The van der Waals surface area contributed by atoms with Crippen LogP contribution in [0, 0.1) is 5.92 Å². The zero-order chi connectivity index (χ0) is 29.4. The maximum absolute atomic E-state index is 14.9. The molecule has 0 radical (unpaired) electrons. The lowest BCUT2D eigenvalue weighted by atomic mass is 9.88. The Morgan fingerprint density at radius 3 is 2.39 bits per heavy atom. The van der Waals surface area contributed by atoms with Crippen LogP contribution in [0.15, 0.2) is 59.4 Å². The van der Waals surface area contributed by atoms with Crippen molar-refractivity contribution in [1.82, 2.24) is 20.1 Å². The Morgan fingerprint density at radius 2 is 1.80 bits per heavy atom. The number of aromatic nitrogens is 1. The summed E-state index contributed by atoms with van der Waals surface area (Å²) in [5, 5.41) is 2.76. The van der Waals surface area contributed by atoms with Crippen LogP contribution in [-0.2, 0) is 0 Å². The normalized spacial score (nSPS) is 20.7. The van der Waals surface area contributed by atoms with E-state index in [1.54, 1.807) is 49.5 Å². The number of alkyl halides is 1. The van der Waals surface area contributed by atoms with E-state index in [4.69, 9.17) is 10.5 Å². The predicted molar refractivity (Wildman–Crippen MR) is 154 cm³/mol. The second-order valence-corrected chi connectivity index (χ2v) is 10.3. The highest BCUT2D eigenvalue weighted by atomic mass is 19.1. The molecule has 0 bridgehead atoms. The van der Waals surface area contributed by atoms with Crippen molar-refractivity contribution in [3.05, 3.63) is 71.2 Å². The van der Waals surface area contributed by atoms with Crippen molar-refractivity contribution < 1.29 is 23.5 Å². The van der Waals surface area contributed by atoms with Gasteiger partial charge in [-0.3, -0.25) is 29.3 Å². The number of benzene rings is 1. The molecule has 2 atom stereocenters. The zero-order valence-corrected chi connectivity index (χ0v) is 23.5. The van der Waals surface area contributed by atoms with Gasteiger partial charge in [0.15, 0.2) is 5.78 Å². The lowest BCUT2D eigenvalue weighted by Gasteiger charge is -2.35. The van der Waals surface area contributed by atoms with Crippen LogP contribution in [0.25, 0.3) is 0 Å². The molecule has 1 aromatic carbocycles. The van der Waals surface area contributed by atoms with Crippen LogP contribution in [-0.4, -0.2) is 97.7 Å². The number of carbonyl (C=O) groups is 3. The molecule has 11 heteroatoms.